The zero-order chi connectivity index (χ0) is 7.72. The van der Waals surface area contributed by atoms with Gasteiger partial charge in [-0.2, -0.15) is 23.6 Å². The summed E-state index contributed by atoms with van der Waals surface area (Å²) in [6, 6.07) is 4.32. The van der Waals surface area contributed by atoms with Crippen molar-refractivity contribution in [1.82, 2.24) is 0 Å². The highest BCUT2D eigenvalue weighted by Gasteiger charge is 1.87. The second kappa shape index (κ2) is 2.37. The van der Waals surface area contributed by atoms with Crippen molar-refractivity contribution in [2.75, 3.05) is 0 Å². The van der Waals surface area contributed by atoms with Crippen molar-refractivity contribution in [2.24, 2.45) is 0 Å². The number of rotatable bonds is 0. The highest BCUT2D eigenvalue weighted by molar-refractivity contribution is 5.38. The van der Waals surface area contributed by atoms with Crippen LogP contribution in [0.5, 0.6) is 0 Å². The highest BCUT2D eigenvalue weighted by Crippen LogP contribution is 2.13. The molecule has 0 saturated carbocycles. The van der Waals surface area contributed by atoms with E-state index in [0.29, 0.717) is 0 Å². The molecule has 0 aliphatic heterocycles. The largest absolute Gasteiger partial charge is 0.198 e. The van der Waals surface area contributed by atoms with Crippen LogP contribution in [0.15, 0.2) is 12.1 Å². The molecule has 1 aromatic carbocycles. The highest BCUT2D eigenvalue weighted by atomic mass is 14.0. The number of hydrogen-bond donors (Lipinski definition) is 0. The minimum Gasteiger partial charge on any atom is -0.198 e. The molecule has 0 aliphatic rings. The summed E-state index contributed by atoms with van der Waals surface area (Å²) in [5.74, 6) is 0. The molecule has 0 spiro atoms. The summed E-state index contributed by atoms with van der Waals surface area (Å²) in [7, 11) is 0. The Hall–Kier alpha value is -0.910. The first-order valence-corrected chi connectivity index (χ1v) is 3.51. The minimum absolute atomic E-state index is 1.17. The molecule has 0 nitrogen and oxygen atoms in total. The zero-order valence-electron chi connectivity index (χ0n) is 6.86. The molecular formula is C10H13-. The van der Waals surface area contributed by atoms with Gasteiger partial charge in [-0.15, -0.1) is 12.1 Å². The molecule has 54 valence electrons. The molecule has 0 aliphatic carbocycles. The predicted molar refractivity (Wildman–Crippen MR) is 45.1 cm³/mol. The summed E-state index contributed by atoms with van der Waals surface area (Å²) in [5, 5.41) is 0. The quantitative estimate of drug-likeness (QED) is 0.477. The van der Waals surface area contributed by atoms with Crippen molar-refractivity contribution in [3.63, 3.8) is 0 Å². The van der Waals surface area contributed by atoms with E-state index >= 15 is 0 Å². The van der Waals surface area contributed by atoms with Gasteiger partial charge in [0.2, 0.25) is 0 Å². The van der Waals surface area contributed by atoms with Crippen LogP contribution >= 0.6 is 0 Å². The first-order valence-electron chi connectivity index (χ1n) is 3.51. The van der Waals surface area contributed by atoms with Crippen molar-refractivity contribution in [3.05, 3.63) is 41.3 Å². The fraction of sp³-hybridized carbons (Fsp3) is 0.300. The van der Waals surface area contributed by atoms with Gasteiger partial charge >= 0.3 is 0 Å². The molecule has 0 N–H and O–H groups in total. The van der Waals surface area contributed by atoms with Crippen LogP contribution in [0.1, 0.15) is 22.3 Å². The summed E-state index contributed by atoms with van der Waals surface area (Å²) in [6.07, 6.45) is 0. The van der Waals surface area contributed by atoms with Crippen LogP contribution in [0.3, 0.4) is 0 Å². The molecule has 10 heavy (non-hydrogen) atoms. The van der Waals surface area contributed by atoms with Crippen molar-refractivity contribution in [2.45, 2.75) is 20.8 Å². The lowest BCUT2D eigenvalue weighted by Gasteiger charge is -2.13. The SMILES string of the molecule is [CH2-]c1c(C)cc(C)cc1C. The van der Waals surface area contributed by atoms with Crippen LogP contribution in [0, 0.1) is 27.7 Å². The fourth-order valence-corrected chi connectivity index (χ4v) is 1.21. The summed E-state index contributed by atoms with van der Waals surface area (Å²) >= 11 is 0. The summed E-state index contributed by atoms with van der Waals surface area (Å²) in [4.78, 5) is 0. The van der Waals surface area contributed by atoms with E-state index in [1.54, 1.807) is 0 Å². The molecule has 0 aromatic heterocycles. The molecule has 1 rings (SSSR count). The lowest BCUT2D eigenvalue weighted by atomic mass is 10.0. The molecule has 0 heteroatoms. The molecular weight excluding hydrogens is 120 g/mol. The van der Waals surface area contributed by atoms with E-state index in [1.807, 2.05) is 0 Å². The second-order valence-electron chi connectivity index (χ2n) is 2.88. The molecule has 0 saturated heterocycles. The van der Waals surface area contributed by atoms with E-state index in [-0.39, 0.29) is 0 Å². The van der Waals surface area contributed by atoms with Crippen LogP contribution in [0.4, 0.5) is 0 Å². The van der Waals surface area contributed by atoms with Crippen LogP contribution in [-0.2, 0) is 0 Å². The third-order valence-corrected chi connectivity index (χ3v) is 1.84. The zero-order valence-corrected chi connectivity index (χ0v) is 6.86. The molecule has 0 fully saturated rings. The third-order valence-electron chi connectivity index (χ3n) is 1.84. The van der Waals surface area contributed by atoms with E-state index in [0.717, 1.165) is 0 Å². The normalized spacial score (nSPS) is 9.90. The standard InChI is InChI=1S/C10H13/c1-7-5-8(2)10(4)9(3)6-7/h5-6H,4H2,1-3H3/q-1. The van der Waals surface area contributed by atoms with E-state index in [9.17, 15) is 0 Å². The molecule has 1 aromatic rings. The molecule has 0 bridgehead atoms. The fourth-order valence-electron chi connectivity index (χ4n) is 1.21. The Morgan fingerprint density at radius 1 is 1.00 bits per heavy atom. The molecule has 0 heterocycles. The summed E-state index contributed by atoms with van der Waals surface area (Å²) in [6.45, 7) is 10.3. The molecule has 0 radical (unpaired) electrons. The van der Waals surface area contributed by atoms with Gasteiger partial charge in [0.15, 0.2) is 0 Å². The maximum Gasteiger partial charge on any atom is -0.0418 e. The van der Waals surface area contributed by atoms with Crippen molar-refractivity contribution < 1.29 is 0 Å². The maximum absolute atomic E-state index is 3.96. The number of benzene rings is 1. The van der Waals surface area contributed by atoms with Gasteiger partial charge in [0.05, 0.1) is 0 Å². The Balaban J connectivity index is 3.31. The number of aryl methyl sites for hydroxylation is 3. The lowest BCUT2D eigenvalue weighted by Crippen LogP contribution is -1.86. The smallest absolute Gasteiger partial charge is 0.0418 e. The average Bonchev–Trinajstić information content (AvgIpc) is 1.82. The van der Waals surface area contributed by atoms with Crippen molar-refractivity contribution in [3.8, 4) is 0 Å². The minimum atomic E-state index is 1.17. The van der Waals surface area contributed by atoms with E-state index in [1.165, 1.54) is 22.3 Å². The Bertz CT molecular complexity index is 223. The van der Waals surface area contributed by atoms with E-state index in [4.69, 9.17) is 0 Å². The molecule has 0 atom stereocenters. The second-order valence-corrected chi connectivity index (χ2v) is 2.88. The maximum atomic E-state index is 3.96. The Morgan fingerprint density at radius 2 is 1.40 bits per heavy atom. The van der Waals surface area contributed by atoms with Gasteiger partial charge < -0.3 is 0 Å². The topological polar surface area (TPSA) is 0 Å². The monoisotopic (exact) mass is 133 g/mol. The van der Waals surface area contributed by atoms with Gasteiger partial charge in [-0.25, -0.2) is 0 Å². The Morgan fingerprint density at radius 3 is 1.80 bits per heavy atom. The predicted octanol–water partition coefficient (Wildman–Crippen LogP) is 2.79. The first kappa shape index (κ1) is 7.20. The third kappa shape index (κ3) is 1.15. The average molecular weight is 133 g/mol. The van der Waals surface area contributed by atoms with Gasteiger partial charge in [0.1, 0.15) is 0 Å². The van der Waals surface area contributed by atoms with Crippen molar-refractivity contribution >= 4 is 0 Å². The van der Waals surface area contributed by atoms with E-state index < -0.39 is 0 Å². The Kier molecular flexibility index (Phi) is 1.71. The van der Waals surface area contributed by atoms with Crippen LogP contribution in [-0.4, -0.2) is 0 Å². The van der Waals surface area contributed by atoms with Crippen LogP contribution in [0.2, 0.25) is 0 Å². The summed E-state index contributed by atoms with van der Waals surface area (Å²) < 4.78 is 0. The van der Waals surface area contributed by atoms with Gasteiger partial charge in [0, 0.05) is 0 Å². The van der Waals surface area contributed by atoms with E-state index in [2.05, 4.69) is 39.8 Å². The van der Waals surface area contributed by atoms with Gasteiger partial charge in [0.25, 0.3) is 0 Å². The van der Waals surface area contributed by atoms with Gasteiger partial charge in [-0.3, -0.25) is 0 Å². The molecule has 0 amide bonds. The van der Waals surface area contributed by atoms with Gasteiger partial charge in [-0.1, -0.05) is 19.4 Å². The summed E-state index contributed by atoms with van der Waals surface area (Å²) in [5.41, 5.74) is 5.07. The first-order chi connectivity index (χ1) is 4.61. The lowest BCUT2D eigenvalue weighted by molar-refractivity contribution is 1.28. The van der Waals surface area contributed by atoms with Crippen LogP contribution < -0.4 is 0 Å². The van der Waals surface area contributed by atoms with Crippen LogP contribution in [0.25, 0.3) is 0 Å². The number of hydrogen-bond acceptors (Lipinski definition) is 0. The Labute approximate surface area is 62.9 Å². The van der Waals surface area contributed by atoms with Crippen molar-refractivity contribution in [1.29, 1.82) is 0 Å². The molecule has 0 unspecified atom stereocenters. The van der Waals surface area contributed by atoms with Gasteiger partial charge in [-0.05, 0) is 6.92 Å².